The molecule has 0 radical (unpaired) electrons. The van der Waals surface area contributed by atoms with Crippen molar-refractivity contribution in [2.24, 2.45) is 0 Å². The lowest BCUT2D eigenvalue weighted by Crippen LogP contribution is -2.07. The zero-order valence-electron chi connectivity index (χ0n) is 16.6. The predicted octanol–water partition coefficient (Wildman–Crippen LogP) is 6.45. The highest BCUT2D eigenvalue weighted by Crippen LogP contribution is 2.20. The van der Waals surface area contributed by atoms with E-state index in [1.165, 1.54) is 16.6 Å². The van der Waals surface area contributed by atoms with Crippen molar-refractivity contribution in [2.75, 3.05) is 6.61 Å². The molecular weight excluding hydrogens is 380 g/mol. The van der Waals surface area contributed by atoms with Crippen molar-refractivity contribution < 1.29 is 4.74 Å². The molecule has 0 unspecified atom stereocenters. The molecule has 0 aliphatic heterocycles. The van der Waals surface area contributed by atoms with Crippen LogP contribution in [0.3, 0.4) is 0 Å². The van der Waals surface area contributed by atoms with Crippen molar-refractivity contribution >= 4 is 22.6 Å². The van der Waals surface area contributed by atoms with Crippen molar-refractivity contribution in [3.63, 3.8) is 0 Å². The molecule has 0 amide bonds. The SMILES string of the molecule is Cc1cccc(OCCCCn2c(Cc3ccc(Cl)cc3)nc3ccccc32)c1. The van der Waals surface area contributed by atoms with Crippen LogP contribution in [-0.4, -0.2) is 16.2 Å². The van der Waals surface area contributed by atoms with E-state index in [9.17, 15) is 0 Å². The molecule has 29 heavy (non-hydrogen) atoms. The second-order valence-electron chi connectivity index (χ2n) is 7.34. The Kier molecular flexibility index (Phi) is 6.16. The van der Waals surface area contributed by atoms with Gasteiger partial charge < -0.3 is 9.30 Å². The number of hydrogen-bond acceptors (Lipinski definition) is 2. The summed E-state index contributed by atoms with van der Waals surface area (Å²) in [6.45, 7) is 3.74. The average Bonchev–Trinajstić information content (AvgIpc) is 3.07. The van der Waals surface area contributed by atoms with Crippen LogP contribution in [0.25, 0.3) is 11.0 Å². The molecule has 0 bridgehead atoms. The van der Waals surface area contributed by atoms with Crippen LogP contribution >= 0.6 is 11.6 Å². The van der Waals surface area contributed by atoms with Crippen molar-refractivity contribution in [3.8, 4) is 5.75 Å². The van der Waals surface area contributed by atoms with E-state index < -0.39 is 0 Å². The second-order valence-corrected chi connectivity index (χ2v) is 7.78. The highest BCUT2D eigenvalue weighted by Gasteiger charge is 2.11. The number of unbranched alkanes of at least 4 members (excludes halogenated alkanes) is 1. The standard InChI is InChI=1S/C25H25ClN2O/c1-19-7-6-8-22(17-19)29-16-5-4-15-28-24-10-3-2-9-23(24)27-25(28)18-20-11-13-21(26)14-12-20/h2-3,6-14,17H,4-5,15-16,18H2,1H3. The summed E-state index contributed by atoms with van der Waals surface area (Å²) < 4.78 is 8.24. The Morgan fingerprint density at radius 1 is 0.931 bits per heavy atom. The van der Waals surface area contributed by atoms with Crippen LogP contribution < -0.4 is 4.74 Å². The first-order valence-electron chi connectivity index (χ1n) is 10.1. The molecule has 0 aliphatic rings. The molecule has 0 fully saturated rings. The monoisotopic (exact) mass is 404 g/mol. The first-order chi connectivity index (χ1) is 14.2. The van der Waals surface area contributed by atoms with Gasteiger partial charge in [-0.25, -0.2) is 4.98 Å². The molecule has 1 heterocycles. The van der Waals surface area contributed by atoms with Gasteiger partial charge in [-0.2, -0.15) is 0 Å². The van der Waals surface area contributed by atoms with E-state index >= 15 is 0 Å². The molecule has 4 aromatic rings. The summed E-state index contributed by atoms with van der Waals surface area (Å²) in [4.78, 5) is 4.89. The number of aromatic nitrogens is 2. The average molecular weight is 405 g/mol. The van der Waals surface area contributed by atoms with E-state index in [0.717, 1.165) is 54.5 Å². The van der Waals surface area contributed by atoms with E-state index in [4.69, 9.17) is 21.3 Å². The molecule has 3 aromatic carbocycles. The predicted molar refractivity (Wildman–Crippen MR) is 120 cm³/mol. The number of benzene rings is 3. The Morgan fingerprint density at radius 3 is 2.59 bits per heavy atom. The van der Waals surface area contributed by atoms with E-state index in [-0.39, 0.29) is 0 Å². The van der Waals surface area contributed by atoms with Gasteiger partial charge >= 0.3 is 0 Å². The molecule has 4 heteroatoms. The summed E-state index contributed by atoms with van der Waals surface area (Å²) in [5.74, 6) is 2.04. The molecule has 0 saturated heterocycles. The number of ether oxygens (including phenoxy) is 1. The first kappa shape index (κ1) is 19.5. The lowest BCUT2D eigenvalue weighted by atomic mass is 10.1. The van der Waals surface area contributed by atoms with E-state index in [2.05, 4.69) is 54.0 Å². The smallest absolute Gasteiger partial charge is 0.119 e. The van der Waals surface area contributed by atoms with Crippen LogP contribution in [0, 0.1) is 6.92 Å². The summed E-state index contributed by atoms with van der Waals surface area (Å²) in [5.41, 5.74) is 4.68. The minimum absolute atomic E-state index is 0.725. The maximum absolute atomic E-state index is 6.03. The molecule has 148 valence electrons. The number of para-hydroxylation sites is 2. The summed E-state index contributed by atoms with van der Waals surface area (Å²) in [7, 11) is 0. The van der Waals surface area contributed by atoms with Crippen molar-refractivity contribution in [1.29, 1.82) is 0 Å². The summed E-state index contributed by atoms with van der Waals surface area (Å²) in [6, 6.07) is 24.6. The fraction of sp³-hybridized carbons (Fsp3) is 0.240. The summed E-state index contributed by atoms with van der Waals surface area (Å²) in [5, 5.41) is 0.760. The molecule has 0 aliphatic carbocycles. The molecule has 0 spiro atoms. The molecule has 0 atom stereocenters. The number of fused-ring (bicyclic) bond motifs is 1. The number of hydrogen-bond donors (Lipinski definition) is 0. The van der Waals surface area contributed by atoms with Gasteiger partial charge in [0.1, 0.15) is 11.6 Å². The normalized spacial score (nSPS) is 11.1. The zero-order chi connectivity index (χ0) is 20.1. The third kappa shape index (κ3) is 4.99. The lowest BCUT2D eigenvalue weighted by molar-refractivity contribution is 0.303. The van der Waals surface area contributed by atoms with Gasteiger partial charge in [-0.05, 0) is 67.3 Å². The Hall–Kier alpha value is -2.78. The number of rotatable bonds is 8. The number of nitrogens with zero attached hydrogens (tertiary/aromatic N) is 2. The fourth-order valence-electron chi connectivity index (χ4n) is 3.56. The van der Waals surface area contributed by atoms with Gasteiger partial charge in [0.25, 0.3) is 0 Å². The van der Waals surface area contributed by atoms with Gasteiger partial charge in [-0.3, -0.25) is 0 Å². The quantitative estimate of drug-likeness (QED) is 0.315. The van der Waals surface area contributed by atoms with Crippen LogP contribution in [-0.2, 0) is 13.0 Å². The van der Waals surface area contributed by atoms with E-state index in [0.29, 0.717) is 0 Å². The Balaban J connectivity index is 1.42. The van der Waals surface area contributed by atoms with Gasteiger partial charge in [0.2, 0.25) is 0 Å². The minimum Gasteiger partial charge on any atom is -0.494 e. The molecule has 1 aromatic heterocycles. The first-order valence-corrected chi connectivity index (χ1v) is 10.4. The molecule has 0 N–H and O–H groups in total. The third-order valence-corrected chi connectivity index (χ3v) is 5.30. The van der Waals surface area contributed by atoms with E-state index in [1.807, 2.05) is 30.3 Å². The number of halogens is 1. The fourth-order valence-corrected chi connectivity index (χ4v) is 3.69. The Labute approximate surface area is 176 Å². The molecular formula is C25H25ClN2O. The van der Waals surface area contributed by atoms with Crippen LogP contribution in [0.5, 0.6) is 5.75 Å². The molecule has 3 nitrogen and oxygen atoms in total. The van der Waals surface area contributed by atoms with Crippen molar-refractivity contribution in [1.82, 2.24) is 9.55 Å². The van der Waals surface area contributed by atoms with Crippen molar-refractivity contribution in [2.45, 2.75) is 32.7 Å². The number of aryl methyl sites for hydroxylation is 2. The Morgan fingerprint density at radius 2 is 1.76 bits per heavy atom. The van der Waals surface area contributed by atoms with Gasteiger partial charge in [-0.15, -0.1) is 0 Å². The lowest BCUT2D eigenvalue weighted by Gasteiger charge is -2.11. The van der Waals surface area contributed by atoms with Gasteiger partial charge in [0, 0.05) is 18.0 Å². The van der Waals surface area contributed by atoms with Crippen molar-refractivity contribution in [3.05, 3.63) is 94.8 Å². The van der Waals surface area contributed by atoms with Gasteiger partial charge in [0.05, 0.1) is 17.6 Å². The largest absolute Gasteiger partial charge is 0.494 e. The zero-order valence-corrected chi connectivity index (χ0v) is 17.4. The topological polar surface area (TPSA) is 27.1 Å². The second kappa shape index (κ2) is 9.15. The van der Waals surface area contributed by atoms with Crippen LogP contribution in [0.15, 0.2) is 72.8 Å². The van der Waals surface area contributed by atoms with Crippen LogP contribution in [0.2, 0.25) is 5.02 Å². The van der Waals surface area contributed by atoms with Crippen LogP contribution in [0.4, 0.5) is 0 Å². The van der Waals surface area contributed by atoms with Crippen LogP contribution in [0.1, 0.15) is 29.8 Å². The maximum Gasteiger partial charge on any atom is 0.119 e. The highest BCUT2D eigenvalue weighted by atomic mass is 35.5. The minimum atomic E-state index is 0.725. The summed E-state index contributed by atoms with van der Waals surface area (Å²) in [6.07, 6.45) is 2.84. The van der Waals surface area contributed by atoms with E-state index in [1.54, 1.807) is 0 Å². The number of imidazole rings is 1. The molecule has 4 rings (SSSR count). The maximum atomic E-state index is 6.03. The highest BCUT2D eigenvalue weighted by molar-refractivity contribution is 6.30. The molecule has 0 saturated carbocycles. The third-order valence-electron chi connectivity index (χ3n) is 5.04. The summed E-state index contributed by atoms with van der Waals surface area (Å²) >= 11 is 6.03. The Bertz CT molecular complexity index is 1090. The van der Waals surface area contributed by atoms with Gasteiger partial charge in [-0.1, -0.05) is 48.0 Å². The van der Waals surface area contributed by atoms with Gasteiger partial charge in [0.15, 0.2) is 0 Å².